The first-order chi connectivity index (χ1) is 8.54. The minimum Gasteiger partial charge on any atom is -1.00 e. The molecule has 0 saturated carbocycles. The summed E-state index contributed by atoms with van der Waals surface area (Å²) in [5.41, 5.74) is -5.31. The standard InChI is InChI=1S/C9H8F3NO4S2.Li.H/c10-9(11,12)19(16,17)13-18(14,15)7-6-8-4-2-1-3-5-8;;/h1-7,13H;;/q;+1;-1. The molecule has 0 aliphatic rings. The second kappa shape index (κ2) is 6.78. The SMILES string of the molecule is O=S(=O)(C=Cc1ccccc1)NS(=O)(=O)C(F)(F)F.[H-].[Li+]. The molecule has 0 heterocycles. The van der Waals surface area contributed by atoms with Crippen molar-refractivity contribution in [2.45, 2.75) is 5.51 Å². The van der Waals surface area contributed by atoms with Crippen LogP contribution in [0, 0.1) is 0 Å². The summed E-state index contributed by atoms with van der Waals surface area (Å²) in [5, 5.41) is 0.339. The predicted molar refractivity (Wildman–Crippen MR) is 63.6 cm³/mol. The Kier molecular flexibility index (Phi) is 6.51. The van der Waals surface area contributed by atoms with Crippen molar-refractivity contribution in [3.63, 3.8) is 0 Å². The molecule has 20 heavy (non-hydrogen) atoms. The van der Waals surface area contributed by atoms with Crippen LogP contribution < -0.4 is 23.0 Å². The average molecular weight is 323 g/mol. The van der Waals surface area contributed by atoms with Gasteiger partial charge in [-0.25, -0.2) is 16.8 Å². The van der Waals surface area contributed by atoms with Gasteiger partial charge in [0.1, 0.15) is 0 Å². The largest absolute Gasteiger partial charge is 1.00 e. The van der Waals surface area contributed by atoms with E-state index in [0.717, 1.165) is 6.08 Å². The van der Waals surface area contributed by atoms with Gasteiger partial charge in [0.05, 0.1) is 0 Å². The smallest absolute Gasteiger partial charge is 1.00 e. The second-order valence-corrected chi connectivity index (χ2v) is 6.79. The molecule has 0 aliphatic carbocycles. The van der Waals surface area contributed by atoms with Crippen molar-refractivity contribution >= 4 is 26.1 Å². The van der Waals surface area contributed by atoms with E-state index in [-0.39, 0.29) is 20.3 Å². The number of nitrogens with one attached hydrogen (secondary N) is 1. The molecule has 0 aliphatic heterocycles. The van der Waals surface area contributed by atoms with Crippen molar-refractivity contribution in [1.82, 2.24) is 4.13 Å². The molecule has 5 nitrogen and oxygen atoms in total. The van der Waals surface area contributed by atoms with Crippen LogP contribution in [-0.2, 0) is 20.0 Å². The van der Waals surface area contributed by atoms with Gasteiger partial charge in [-0.2, -0.15) is 13.2 Å². The summed E-state index contributed by atoms with van der Waals surface area (Å²) in [4.78, 5) is 0. The molecule has 0 aromatic heterocycles. The fourth-order valence-electron chi connectivity index (χ4n) is 0.960. The molecule has 108 valence electrons. The molecular formula is C9H9F3LiNO4S2. The van der Waals surface area contributed by atoms with Gasteiger partial charge in [-0.15, -0.1) is 0 Å². The molecular weight excluding hydrogens is 314 g/mol. The Bertz CT molecular complexity index is 675. The molecule has 0 fully saturated rings. The van der Waals surface area contributed by atoms with Gasteiger partial charge < -0.3 is 1.43 Å². The zero-order valence-electron chi connectivity index (χ0n) is 11.1. The van der Waals surface area contributed by atoms with Gasteiger partial charge in [-0.3, -0.25) is 0 Å². The fourth-order valence-corrected chi connectivity index (χ4v) is 3.12. The van der Waals surface area contributed by atoms with Gasteiger partial charge in [0.25, 0.3) is 0 Å². The number of sulfonamides is 2. The van der Waals surface area contributed by atoms with Crippen molar-refractivity contribution < 1.29 is 50.3 Å². The monoisotopic (exact) mass is 323 g/mol. The Morgan fingerprint density at radius 3 is 2.00 bits per heavy atom. The molecule has 1 aromatic carbocycles. The van der Waals surface area contributed by atoms with Crippen LogP contribution in [0.15, 0.2) is 35.7 Å². The van der Waals surface area contributed by atoms with E-state index in [1.807, 2.05) is 0 Å². The second-order valence-electron chi connectivity index (χ2n) is 3.29. The first kappa shape index (κ1) is 19.2. The third-order valence-electron chi connectivity index (χ3n) is 1.77. The topological polar surface area (TPSA) is 80.3 Å². The van der Waals surface area contributed by atoms with Crippen LogP contribution in [0.3, 0.4) is 0 Å². The Morgan fingerprint density at radius 1 is 1.05 bits per heavy atom. The zero-order chi connectivity index (χ0) is 14.7. The molecule has 1 N–H and O–H groups in total. The summed E-state index contributed by atoms with van der Waals surface area (Å²) in [6.07, 6.45) is 0.966. The molecule has 11 heteroatoms. The number of hydrogen-bond donors (Lipinski definition) is 1. The van der Waals surface area contributed by atoms with E-state index in [4.69, 9.17) is 0 Å². The summed E-state index contributed by atoms with van der Waals surface area (Å²) in [7, 11) is -10.7. The molecule has 0 radical (unpaired) electrons. The van der Waals surface area contributed by atoms with Gasteiger partial charge in [0.2, 0.25) is 10.0 Å². The number of hydrogen-bond acceptors (Lipinski definition) is 4. The van der Waals surface area contributed by atoms with E-state index in [1.54, 1.807) is 18.2 Å². The molecule has 0 bridgehead atoms. The van der Waals surface area contributed by atoms with E-state index in [9.17, 15) is 30.0 Å². The van der Waals surface area contributed by atoms with Gasteiger partial charge >= 0.3 is 34.4 Å². The Hall–Kier alpha value is -0.793. The average Bonchev–Trinajstić information content (AvgIpc) is 2.25. The minimum atomic E-state index is -5.95. The van der Waals surface area contributed by atoms with E-state index >= 15 is 0 Å². The van der Waals surface area contributed by atoms with E-state index in [0.29, 0.717) is 15.1 Å². The summed E-state index contributed by atoms with van der Waals surface area (Å²) in [5.74, 6) is 0. The van der Waals surface area contributed by atoms with Crippen LogP contribution in [0.4, 0.5) is 13.2 Å². The van der Waals surface area contributed by atoms with Crippen molar-refractivity contribution in [1.29, 1.82) is 0 Å². The molecule has 1 rings (SSSR count). The van der Waals surface area contributed by atoms with Crippen LogP contribution in [0.2, 0.25) is 0 Å². The summed E-state index contributed by atoms with van der Waals surface area (Å²) < 4.78 is 80.2. The Morgan fingerprint density at radius 2 is 1.55 bits per heavy atom. The van der Waals surface area contributed by atoms with E-state index in [2.05, 4.69) is 0 Å². The van der Waals surface area contributed by atoms with Crippen molar-refractivity contribution in [3.05, 3.63) is 41.3 Å². The Labute approximate surface area is 127 Å². The summed E-state index contributed by atoms with van der Waals surface area (Å²) in [6.45, 7) is 0. The van der Waals surface area contributed by atoms with Crippen molar-refractivity contribution in [3.8, 4) is 0 Å². The Balaban J connectivity index is 0. The van der Waals surface area contributed by atoms with E-state index < -0.39 is 25.6 Å². The van der Waals surface area contributed by atoms with Gasteiger partial charge in [-0.05, 0) is 11.6 Å². The first-order valence-electron chi connectivity index (χ1n) is 4.61. The van der Waals surface area contributed by atoms with Gasteiger partial charge in [-0.1, -0.05) is 34.5 Å². The third-order valence-corrected chi connectivity index (χ3v) is 4.68. The van der Waals surface area contributed by atoms with Crippen LogP contribution >= 0.6 is 0 Å². The quantitative estimate of drug-likeness (QED) is 0.687. The maximum Gasteiger partial charge on any atom is 1.00 e. The van der Waals surface area contributed by atoms with Crippen LogP contribution in [0.25, 0.3) is 6.08 Å². The van der Waals surface area contributed by atoms with Crippen LogP contribution in [-0.4, -0.2) is 22.3 Å². The third kappa shape index (κ3) is 5.68. The normalized spacial score (nSPS) is 13.2. The minimum absolute atomic E-state index is 0. The predicted octanol–water partition coefficient (Wildman–Crippen LogP) is -1.46. The number of alkyl halides is 3. The summed E-state index contributed by atoms with van der Waals surface area (Å²) >= 11 is 0. The number of rotatable bonds is 4. The molecule has 0 atom stereocenters. The van der Waals surface area contributed by atoms with Gasteiger partial charge in [0.15, 0.2) is 0 Å². The summed E-state index contributed by atoms with van der Waals surface area (Å²) in [6, 6.07) is 7.78. The van der Waals surface area contributed by atoms with Gasteiger partial charge in [0, 0.05) is 5.41 Å². The molecule has 0 spiro atoms. The maximum atomic E-state index is 12.0. The molecule has 1 aromatic rings. The number of halogens is 3. The van der Waals surface area contributed by atoms with Crippen molar-refractivity contribution in [2.24, 2.45) is 0 Å². The first-order valence-corrected chi connectivity index (χ1v) is 7.64. The van der Waals surface area contributed by atoms with E-state index in [1.165, 1.54) is 12.1 Å². The maximum absolute atomic E-state index is 12.0. The van der Waals surface area contributed by atoms with Crippen molar-refractivity contribution in [2.75, 3.05) is 0 Å². The fraction of sp³-hybridized carbons (Fsp3) is 0.111. The molecule has 0 unspecified atom stereocenters. The molecule has 0 amide bonds. The van der Waals surface area contributed by atoms with Crippen LogP contribution in [0.5, 0.6) is 0 Å². The molecule has 0 saturated heterocycles. The van der Waals surface area contributed by atoms with Crippen LogP contribution in [0.1, 0.15) is 6.99 Å². The number of benzene rings is 1. The zero-order valence-corrected chi connectivity index (χ0v) is 11.8.